The van der Waals surface area contributed by atoms with E-state index in [1.54, 1.807) is 28.4 Å². The van der Waals surface area contributed by atoms with Crippen molar-refractivity contribution >= 4 is 23.2 Å². The normalized spacial score (nSPS) is 16.0. The molecule has 1 aromatic carbocycles. The first-order valence-corrected chi connectivity index (χ1v) is 10.7. The fraction of sp³-hybridized carbons (Fsp3) is 0.304. The molecule has 0 aliphatic carbocycles. The molecular formula is C23H24N2O3S. The molecule has 0 radical (unpaired) electrons. The van der Waals surface area contributed by atoms with Crippen LogP contribution in [-0.4, -0.2) is 40.7 Å². The van der Waals surface area contributed by atoms with Crippen LogP contribution in [0.1, 0.15) is 46.4 Å². The first-order chi connectivity index (χ1) is 14.1. The predicted molar refractivity (Wildman–Crippen MR) is 113 cm³/mol. The topological polar surface area (TPSA) is 53.8 Å². The lowest BCUT2D eigenvalue weighted by molar-refractivity contribution is -0.134. The fourth-order valence-corrected chi connectivity index (χ4v) is 4.75. The van der Waals surface area contributed by atoms with Gasteiger partial charge in [0.15, 0.2) is 5.76 Å². The maximum absolute atomic E-state index is 13.4. The highest BCUT2D eigenvalue weighted by Crippen LogP contribution is 2.37. The molecule has 1 aliphatic rings. The van der Waals surface area contributed by atoms with Crippen molar-refractivity contribution < 1.29 is 14.0 Å². The Balaban J connectivity index is 1.62. The van der Waals surface area contributed by atoms with Crippen LogP contribution in [0.25, 0.3) is 0 Å². The number of benzene rings is 1. The van der Waals surface area contributed by atoms with Crippen LogP contribution in [0, 0.1) is 0 Å². The molecule has 6 heteroatoms. The highest BCUT2D eigenvalue weighted by atomic mass is 32.1. The van der Waals surface area contributed by atoms with Crippen molar-refractivity contribution in [3.63, 3.8) is 0 Å². The van der Waals surface area contributed by atoms with E-state index in [4.69, 9.17) is 4.42 Å². The van der Waals surface area contributed by atoms with Crippen LogP contribution in [0.15, 0.2) is 64.6 Å². The van der Waals surface area contributed by atoms with Gasteiger partial charge in [-0.15, -0.1) is 11.3 Å². The number of thiophene rings is 1. The second-order valence-electron chi connectivity index (χ2n) is 7.45. The lowest BCUT2D eigenvalue weighted by Gasteiger charge is -2.38. The molecule has 1 atom stereocenters. The monoisotopic (exact) mass is 408 g/mol. The van der Waals surface area contributed by atoms with Crippen LogP contribution < -0.4 is 0 Å². The van der Waals surface area contributed by atoms with Gasteiger partial charge in [-0.1, -0.05) is 30.3 Å². The summed E-state index contributed by atoms with van der Waals surface area (Å²) in [5, 5.41) is 2.09. The number of carbonyl (C=O) groups is 2. The second-order valence-corrected chi connectivity index (χ2v) is 8.45. The van der Waals surface area contributed by atoms with Crippen molar-refractivity contribution in [2.45, 2.75) is 32.4 Å². The van der Waals surface area contributed by atoms with Gasteiger partial charge in [-0.3, -0.25) is 9.59 Å². The van der Waals surface area contributed by atoms with Gasteiger partial charge >= 0.3 is 0 Å². The number of amides is 2. The third kappa shape index (κ3) is 3.85. The Bertz CT molecular complexity index is 979. The van der Waals surface area contributed by atoms with E-state index < -0.39 is 0 Å². The molecule has 3 aromatic rings. The number of hydrogen-bond acceptors (Lipinski definition) is 4. The zero-order valence-electron chi connectivity index (χ0n) is 16.6. The minimum atomic E-state index is -0.261. The van der Waals surface area contributed by atoms with E-state index in [0.29, 0.717) is 6.54 Å². The van der Waals surface area contributed by atoms with Crippen LogP contribution in [0.5, 0.6) is 0 Å². The number of nitrogens with zero attached hydrogens (tertiary/aromatic N) is 2. The molecule has 0 N–H and O–H groups in total. The number of fused-ring (bicyclic) bond motifs is 1. The highest BCUT2D eigenvalue weighted by Gasteiger charge is 2.34. The van der Waals surface area contributed by atoms with Gasteiger partial charge in [-0.05, 0) is 55.0 Å². The van der Waals surface area contributed by atoms with Gasteiger partial charge < -0.3 is 14.2 Å². The lowest BCUT2D eigenvalue weighted by atomic mass is 9.93. The summed E-state index contributed by atoms with van der Waals surface area (Å²) in [4.78, 5) is 31.1. The largest absolute Gasteiger partial charge is 0.459 e. The van der Waals surface area contributed by atoms with E-state index in [2.05, 4.69) is 23.6 Å². The van der Waals surface area contributed by atoms with Gasteiger partial charge in [-0.25, -0.2) is 0 Å². The molecule has 5 nitrogen and oxygen atoms in total. The molecule has 29 heavy (non-hydrogen) atoms. The van der Waals surface area contributed by atoms with E-state index in [1.165, 1.54) is 16.7 Å². The molecule has 2 aromatic heterocycles. The Kier molecular flexibility index (Phi) is 5.53. The summed E-state index contributed by atoms with van der Waals surface area (Å²) >= 11 is 1.74. The van der Waals surface area contributed by atoms with E-state index in [-0.39, 0.29) is 36.2 Å². The van der Waals surface area contributed by atoms with Crippen molar-refractivity contribution in [2.75, 3.05) is 13.1 Å². The Morgan fingerprint density at radius 2 is 1.97 bits per heavy atom. The van der Waals surface area contributed by atoms with Gasteiger partial charge in [0.05, 0.1) is 12.3 Å². The zero-order chi connectivity index (χ0) is 20.4. The third-order valence-electron chi connectivity index (χ3n) is 5.32. The van der Waals surface area contributed by atoms with E-state index >= 15 is 0 Å². The van der Waals surface area contributed by atoms with Crippen molar-refractivity contribution in [3.05, 3.63) is 81.9 Å². The smallest absolute Gasteiger partial charge is 0.290 e. The van der Waals surface area contributed by atoms with Crippen LogP contribution >= 0.6 is 11.3 Å². The molecule has 150 valence electrons. The molecule has 4 rings (SSSR count). The zero-order valence-corrected chi connectivity index (χ0v) is 17.4. The average molecular weight is 409 g/mol. The highest BCUT2D eigenvalue weighted by molar-refractivity contribution is 7.10. The molecule has 3 heterocycles. The van der Waals surface area contributed by atoms with Crippen LogP contribution in [0.4, 0.5) is 0 Å². The molecule has 0 fully saturated rings. The molecule has 0 saturated heterocycles. The van der Waals surface area contributed by atoms with E-state index in [0.717, 1.165) is 12.0 Å². The summed E-state index contributed by atoms with van der Waals surface area (Å²) < 4.78 is 5.27. The van der Waals surface area contributed by atoms with Gasteiger partial charge in [-0.2, -0.15) is 0 Å². The maximum atomic E-state index is 13.4. The minimum Gasteiger partial charge on any atom is -0.459 e. The number of furan rings is 1. The summed E-state index contributed by atoms with van der Waals surface area (Å²) in [6.07, 6.45) is 2.32. The Hall–Kier alpha value is -2.86. The molecule has 1 unspecified atom stereocenters. The van der Waals surface area contributed by atoms with Gasteiger partial charge in [0.2, 0.25) is 5.91 Å². The molecule has 0 saturated carbocycles. The van der Waals surface area contributed by atoms with Crippen LogP contribution in [-0.2, 0) is 11.2 Å². The second kappa shape index (κ2) is 8.25. The molecule has 2 amide bonds. The van der Waals surface area contributed by atoms with Crippen molar-refractivity contribution in [3.8, 4) is 0 Å². The maximum Gasteiger partial charge on any atom is 0.290 e. The van der Waals surface area contributed by atoms with E-state index in [1.807, 2.05) is 36.9 Å². The first-order valence-electron chi connectivity index (χ1n) is 9.81. The molecule has 0 bridgehead atoms. The lowest BCUT2D eigenvalue weighted by Crippen LogP contribution is -2.48. The number of carbonyl (C=O) groups excluding carboxylic acids is 2. The summed E-state index contributed by atoms with van der Waals surface area (Å²) in [7, 11) is 0. The van der Waals surface area contributed by atoms with Crippen molar-refractivity contribution in [1.29, 1.82) is 0 Å². The summed E-state index contributed by atoms with van der Waals surface area (Å²) in [6, 6.07) is 15.3. The van der Waals surface area contributed by atoms with Crippen molar-refractivity contribution in [2.24, 2.45) is 0 Å². The Morgan fingerprint density at radius 1 is 1.17 bits per heavy atom. The number of rotatable bonds is 5. The summed E-state index contributed by atoms with van der Waals surface area (Å²) in [5.41, 5.74) is 2.28. The Labute approximate surface area is 174 Å². The standard InChI is InChI=1S/C23H24N2O3S/c1-16(2)25(23(27)19-9-6-13-28-19)15-21(26)24-12-10-20-18(11-14-29-20)22(24)17-7-4-3-5-8-17/h3-9,11,13-14,16,22H,10,12,15H2,1-2H3. The van der Waals surface area contributed by atoms with Crippen molar-refractivity contribution in [1.82, 2.24) is 9.80 Å². The molecule has 0 spiro atoms. The van der Waals surface area contributed by atoms with Crippen LogP contribution in [0.3, 0.4) is 0 Å². The molecule has 1 aliphatic heterocycles. The predicted octanol–water partition coefficient (Wildman–Crippen LogP) is 4.37. The van der Waals surface area contributed by atoms with Gasteiger partial charge in [0.1, 0.15) is 6.54 Å². The number of hydrogen-bond donors (Lipinski definition) is 0. The third-order valence-corrected chi connectivity index (χ3v) is 6.32. The average Bonchev–Trinajstić information content (AvgIpc) is 3.42. The summed E-state index contributed by atoms with van der Waals surface area (Å²) in [6.45, 7) is 4.50. The Morgan fingerprint density at radius 3 is 2.66 bits per heavy atom. The summed E-state index contributed by atoms with van der Waals surface area (Å²) in [5.74, 6) is -0.0583. The SMILES string of the molecule is CC(C)N(CC(=O)N1CCc2sccc2C1c1ccccc1)C(=O)c1ccco1. The fourth-order valence-electron chi connectivity index (χ4n) is 3.85. The minimum absolute atomic E-state index is 0.0278. The molecular weight excluding hydrogens is 384 g/mol. The quantitative estimate of drug-likeness (QED) is 0.630. The van der Waals surface area contributed by atoms with E-state index in [9.17, 15) is 9.59 Å². The van der Waals surface area contributed by atoms with Gasteiger partial charge in [0, 0.05) is 17.5 Å². The van der Waals surface area contributed by atoms with Crippen LogP contribution in [0.2, 0.25) is 0 Å². The first kappa shape index (κ1) is 19.5. The van der Waals surface area contributed by atoms with Gasteiger partial charge in [0.25, 0.3) is 5.91 Å².